The van der Waals surface area contributed by atoms with E-state index in [1.807, 2.05) is 46.8 Å². The second kappa shape index (κ2) is 10.3. The summed E-state index contributed by atoms with van der Waals surface area (Å²) in [6.07, 6.45) is 0. The molecule has 0 saturated carbocycles. The molecule has 0 aliphatic rings. The highest BCUT2D eigenvalue weighted by Gasteiger charge is 1.94. The van der Waals surface area contributed by atoms with Gasteiger partial charge in [-0.25, -0.2) is 0 Å². The minimum absolute atomic E-state index is 0.709. The first kappa shape index (κ1) is 15.7. The van der Waals surface area contributed by atoms with Crippen LogP contribution in [-0.2, 0) is 0 Å². The molecule has 1 aromatic rings. The van der Waals surface area contributed by atoms with E-state index in [1.54, 1.807) is 6.07 Å². The highest BCUT2D eigenvalue weighted by Crippen LogP contribution is 2.16. The molecule has 1 rings (SSSR count). The molecule has 0 aliphatic carbocycles. The molecule has 1 aromatic carbocycles. The summed E-state index contributed by atoms with van der Waals surface area (Å²) in [4.78, 5) is 0. The molecule has 2 heteroatoms. The number of rotatable bonds is 0. The summed E-state index contributed by atoms with van der Waals surface area (Å²) in [7, 11) is 0. The Morgan fingerprint density at radius 1 is 1.14 bits per heavy atom. The van der Waals surface area contributed by atoms with E-state index >= 15 is 0 Å². The summed E-state index contributed by atoms with van der Waals surface area (Å²) in [6.45, 7) is 9.96. The number of hydrogen-bond donors (Lipinski definition) is 0. The monoisotopic (exact) mass is 255 g/mol. The SMILES string of the molecule is CC.CC.Cc1cc(C#N)ccc1Br. The summed E-state index contributed by atoms with van der Waals surface area (Å²) in [5.41, 5.74) is 1.81. The van der Waals surface area contributed by atoms with E-state index in [-0.39, 0.29) is 0 Å². The van der Waals surface area contributed by atoms with Crippen LogP contribution in [0.4, 0.5) is 0 Å². The van der Waals surface area contributed by atoms with Gasteiger partial charge >= 0.3 is 0 Å². The van der Waals surface area contributed by atoms with E-state index < -0.39 is 0 Å². The van der Waals surface area contributed by atoms with Crippen LogP contribution in [0.15, 0.2) is 22.7 Å². The molecule has 0 fully saturated rings. The molecule has 0 bridgehead atoms. The van der Waals surface area contributed by atoms with Crippen molar-refractivity contribution in [2.75, 3.05) is 0 Å². The predicted molar refractivity (Wildman–Crippen MR) is 66.3 cm³/mol. The van der Waals surface area contributed by atoms with E-state index in [1.165, 1.54) is 0 Å². The maximum Gasteiger partial charge on any atom is 0.0991 e. The Bertz CT molecular complexity index is 287. The largest absolute Gasteiger partial charge is 0.192 e. The van der Waals surface area contributed by atoms with Crippen molar-refractivity contribution in [3.8, 4) is 6.07 Å². The fourth-order valence-corrected chi connectivity index (χ4v) is 0.961. The minimum Gasteiger partial charge on any atom is -0.192 e. The first-order valence-corrected chi connectivity index (χ1v) is 5.69. The van der Waals surface area contributed by atoms with Crippen LogP contribution >= 0.6 is 15.9 Å². The standard InChI is InChI=1S/C8H6BrN.2C2H6/c1-6-4-7(5-10)2-3-8(6)9;2*1-2/h2-4H,1H3;2*1-2H3. The van der Waals surface area contributed by atoms with Gasteiger partial charge in [0, 0.05) is 4.47 Å². The third kappa shape index (κ3) is 5.77. The molecule has 14 heavy (non-hydrogen) atoms. The van der Waals surface area contributed by atoms with Crippen LogP contribution in [0.25, 0.3) is 0 Å². The molecule has 0 aromatic heterocycles. The molecule has 0 saturated heterocycles. The first-order valence-electron chi connectivity index (χ1n) is 4.90. The van der Waals surface area contributed by atoms with E-state index in [9.17, 15) is 0 Å². The van der Waals surface area contributed by atoms with Gasteiger partial charge in [0.2, 0.25) is 0 Å². The topological polar surface area (TPSA) is 23.8 Å². The number of aryl methyl sites for hydroxylation is 1. The van der Waals surface area contributed by atoms with Crippen molar-refractivity contribution in [1.82, 2.24) is 0 Å². The Morgan fingerprint density at radius 3 is 2.00 bits per heavy atom. The van der Waals surface area contributed by atoms with Crippen LogP contribution in [0.2, 0.25) is 0 Å². The maximum atomic E-state index is 8.49. The van der Waals surface area contributed by atoms with Crippen LogP contribution in [0.1, 0.15) is 38.8 Å². The molecule has 0 heterocycles. The molecule has 0 unspecified atom stereocenters. The minimum atomic E-state index is 0.709. The normalized spacial score (nSPS) is 7.21. The number of hydrogen-bond acceptors (Lipinski definition) is 1. The number of halogens is 1. The molecular formula is C12H18BrN. The van der Waals surface area contributed by atoms with Gasteiger partial charge in [-0.15, -0.1) is 0 Å². The van der Waals surface area contributed by atoms with Gasteiger partial charge in [-0.2, -0.15) is 5.26 Å². The van der Waals surface area contributed by atoms with Crippen LogP contribution < -0.4 is 0 Å². The summed E-state index contributed by atoms with van der Waals surface area (Å²) in [6, 6.07) is 7.60. The Morgan fingerprint density at radius 2 is 1.64 bits per heavy atom. The van der Waals surface area contributed by atoms with Crippen molar-refractivity contribution in [2.24, 2.45) is 0 Å². The highest BCUT2D eigenvalue weighted by atomic mass is 79.9. The van der Waals surface area contributed by atoms with Crippen molar-refractivity contribution in [3.63, 3.8) is 0 Å². The fraction of sp³-hybridized carbons (Fsp3) is 0.417. The van der Waals surface area contributed by atoms with Gasteiger partial charge in [0.25, 0.3) is 0 Å². The summed E-state index contributed by atoms with van der Waals surface area (Å²) in [5, 5.41) is 8.49. The van der Waals surface area contributed by atoms with Crippen molar-refractivity contribution < 1.29 is 0 Å². The summed E-state index contributed by atoms with van der Waals surface area (Å²) in [5.74, 6) is 0. The number of nitriles is 1. The van der Waals surface area contributed by atoms with E-state index in [0.717, 1.165) is 10.0 Å². The lowest BCUT2D eigenvalue weighted by atomic mass is 10.2. The first-order chi connectivity index (χ1) is 6.74. The van der Waals surface area contributed by atoms with E-state index in [4.69, 9.17) is 5.26 Å². The van der Waals surface area contributed by atoms with Crippen LogP contribution in [0.3, 0.4) is 0 Å². The Hall–Kier alpha value is -0.810. The second-order valence-electron chi connectivity index (χ2n) is 2.08. The lowest BCUT2D eigenvalue weighted by Crippen LogP contribution is -1.77. The molecule has 0 amide bonds. The predicted octanol–water partition coefficient (Wildman–Crippen LogP) is 4.68. The molecule has 0 N–H and O–H groups in total. The van der Waals surface area contributed by atoms with Crippen molar-refractivity contribution in [2.45, 2.75) is 34.6 Å². The lowest BCUT2D eigenvalue weighted by molar-refractivity contribution is 1.39. The molecule has 0 atom stereocenters. The molecule has 0 radical (unpaired) electrons. The third-order valence-electron chi connectivity index (χ3n) is 1.29. The smallest absolute Gasteiger partial charge is 0.0991 e. The molecule has 78 valence electrons. The van der Waals surface area contributed by atoms with Gasteiger partial charge in [0.1, 0.15) is 0 Å². The lowest BCUT2D eigenvalue weighted by Gasteiger charge is -1.95. The molecular weight excluding hydrogens is 238 g/mol. The van der Waals surface area contributed by atoms with Crippen LogP contribution in [0.5, 0.6) is 0 Å². The van der Waals surface area contributed by atoms with Gasteiger partial charge in [-0.3, -0.25) is 0 Å². The number of nitrogens with zero attached hydrogens (tertiary/aromatic N) is 1. The quantitative estimate of drug-likeness (QED) is 0.661. The zero-order valence-electron chi connectivity index (χ0n) is 9.56. The van der Waals surface area contributed by atoms with Crippen LogP contribution in [-0.4, -0.2) is 0 Å². The Kier molecular flexibility index (Phi) is 11.5. The fourth-order valence-electron chi connectivity index (χ4n) is 0.714. The molecule has 1 nitrogen and oxygen atoms in total. The van der Waals surface area contributed by atoms with Crippen molar-refractivity contribution in [1.29, 1.82) is 5.26 Å². The van der Waals surface area contributed by atoms with Crippen LogP contribution in [0, 0.1) is 18.3 Å². The van der Waals surface area contributed by atoms with E-state index in [2.05, 4.69) is 22.0 Å². The highest BCUT2D eigenvalue weighted by molar-refractivity contribution is 9.10. The zero-order chi connectivity index (χ0) is 11.6. The molecule has 0 spiro atoms. The van der Waals surface area contributed by atoms with Gasteiger partial charge in [-0.05, 0) is 30.7 Å². The third-order valence-corrected chi connectivity index (χ3v) is 2.18. The maximum absolute atomic E-state index is 8.49. The molecule has 0 aliphatic heterocycles. The second-order valence-corrected chi connectivity index (χ2v) is 2.93. The average molecular weight is 256 g/mol. The van der Waals surface area contributed by atoms with Crippen molar-refractivity contribution >= 4 is 15.9 Å². The van der Waals surface area contributed by atoms with Gasteiger partial charge in [0.15, 0.2) is 0 Å². The van der Waals surface area contributed by atoms with E-state index in [0.29, 0.717) is 5.56 Å². The Labute approximate surface area is 95.9 Å². The van der Waals surface area contributed by atoms with Gasteiger partial charge in [-0.1, -0.05) is 43.6 Å². The summed E-state index contributed by atoms with van der Waals surface area (Å²) >= 11 is 3.35. The zero-order valence-corrected chi connectivity index (χ0v) is 11.1. The van der Waals surface area contributed by atoms with Gasteiger partial charge < -0.3 is 0 Å². The number of benzene rings is 1. The summed E-state index contributed by atoms with van der Waals surface area (Å²) < 4.78 is 1.05. The van der Waals surface area contributed by atoms with Crippen molar-refractivity contribution in [3.05, 3.63) is 33.8 Å². The van der Waals surface area contributed by atoms with Gasteiger partial charge in [0.05, 0.1) is 11.6 Å². The Balaban J connectivity index is 0. The average Bonchev–Trinajstić information content (AvgIpc) is 2.28.